The second-order valence-corrected chi connectivity index (χ2v) is 5.53. The number of hydrogen-bond acceptors (Lipinski definition) is 3. The molecule has 122 valence electrons. The maximum Gasteiger partial charge on any atom is 0.260 e. The van der Waals surface area contributed by atoms with E-state index in [9.17, 15) is 4.79 Å². The van der Waals surface area contributed by atoms with Crippen molar-refractivity contribution < 1.29 is 14.3 Å². The maximum atomic E-state index is 12.4. The fourth-order valence-electron chi connectivity index (χ4n) is 2.39. The molecular formula is C19H23NO3. The largest absolute Gasteiger partial charge is 0.496 e. The molecule has 1 atom stereocenters. The summed E-state index contributed by atoms with van der Waals surface area (Å²) in [7, 11) is 3.41. The van der Waals surface area contributed by atoms with Crippen LogP contribution in [0.3, 0.4) is 0 Å². The summed E-state index contributed by atoms with van der Waals surface area (Å²) in [6, 6.07) is 15.3. The summed E-state index contributed by atoms with van der Waals surface area (Å²) in [5.74, 6) is 1.40. The number of ether oxygens (including phenoxy) is 2. The predicted molar refractivity (Wildman–Crippen MR) is 90.9 cm³/mol. The fraction of sp³-hybridized carbons (Fsp3) is 0.316. The molecule has 2 aromatic rings. The summed E-state index contributed by atoms with van der Waals surface area (Å²) in [4.78, 5) is 14.1. The summed E-state index contributed by atoms with van der Waals surface area (Å²) in [5, 5.41) is 0. The number of rotatable bonds is 6. The Morgan fingerprint density at radius 1 is 1.17 bits per heavy atom. The lowest BCUT2D eigenvalue weighted by Gasteiger charge is -2.26. The Hall–Kier alpha value is -2.49. The van der Waals surface area contributed by atoms with Crippen molar-refractivity contribution >= 4 is 5.91 Å². The van der Waals surface area contributed by atoms with Crippen molar-refractivity contribution in [2.24, 2.45) is 0 Å². The second-order valence-electron chi connectivity index (χ2n) is 5.53. The zero-order chi connectivity index (χ0) is 16.8. The molecule has 1 amide bonds. The van der Waals surface area contributed by atoms with Crippen molar-refractivity contribution in [3.05, 3.63) is 59.7 Å². The van der Waals surface area contributed by atoms with E-state index < -0.39 is 0 Å². The number of para-hydroxylation sites is 1. The molecular weight excluding hydrogens is 290 g/mol. The molecule has 0 aliphatic heterocycles. The highest BCUT2D eigenvalue weighted by atomic mass is 16.5. The summed E-state index contributed by atoms with van der Waals surface area (Å²) in [6.07, 6.45) is 0. The molecule has 4 nitrogen and oxygen atoms in total. The van der Waals surface area contributed by atoms with Crippen LogP contribution in [0.25, 0.3) is 0 Å². The Labute approximate surface area is 137 Å². The molecule has 23 heavy (non-hydrogen) atoms. The minimum atomic E-state index is -0.0974. The lowest BCUT2D eigenvalue weighted by molar-refractivity contribution is -0.134. The Morgan fingerprint density at radius 2 is 1.91 bits per heavy atom. The minimum Gasteiger partial charge on any atom is -0.496 e. The molecule has 0 aliphatic carbocycles. The van der Waals surface area contributed by atoms with Crippen LogP contribution in [0, 0.1) is 6.92 Å². The highest BCUT2D eigenvalue weighted by Crippen LogP contribution is 2.28. The van der Waals surface area contributed by atoms with Crippen molar-refractivity contribution in [3.63, 3.8) is 0 Å². The normalized spacial score (nSPS) is 11.7. The van der Waals surface area contributed by atoms with Gasteiger partial charge in [-0.25, -0.2) is 0 Å². The first-order chi connectivity index (χ1) is 11.0. The van der Waals surface area contributed by atoms with E-state index in [0.717, 1.165) is 16.9 Å². The molecule has 0 radical (unpaired) electrons. The summed E-state index contributed by atoms with van der Waals surface area (Å²) in [5.41, 5.74) is 2.08. The van der Waals surface area contributed by atoms with Gasteiger partial charge in [0.2, 0.25) is 0 Å². The summed E-state index contributed by atoms with van der Waals surface area (Å²) in [6.45, 7) is 3.98. The van der Waals surface area contributed by atoms with E-state index >= 15 is 0 Å². The zero-order valence-corrected chi connectivity index (χ0v) is 14.1. The van der Waals surface area contributed by atoms with Gasteiger partial charge in [0.25, 0.3) is 5.91 Å². The lowest BCUT2D eigenvalue weighted by Crippen LogP contribution is -2.33. The standard InChI is InChI=1S/C19H23NO3/c1-14-8-7-9-16(12-14)23-13-19(21)20(3)15(2)17-10-5-6-11-18(17)22-4/h5-12,15H,13H2,1-4H3. The number of hydrogen-bond donors (Lipinski definition) is 0. The maximum absolute atomic E-state index is 12.4. The third kappa shape index (κ3) is 4.25. The topological polar surface area (TPSA) is 38.8 Å². The second kappa shape index (κ2) is 7.68. The SMILES string of the molecule is COc1ccccc1C(C)N(C)C(=O)COc1cccc(C)c1. The lowest BCUT2D eigenvalue weighted by atomic mass is 10.1. The molecule has 1 unspecified atom stereocenters. The van der Waals surface area contributed by atoms with Crippen molar-refractivity contribution in [1.29, 1.82) is 0 Å². The van der Waals surface area contributed by atoms with Crippen molar-refractivity contribution in [3.8, 4) is 11.5 Å². The third-order valence-corrected chi connectivity index (χ3v) is 3.92. The van der Waals surface area contributed by atoms with E-state index in [2.05, 4.69) is 0 Å². The summed E-state index contributed by atoms with van der Waals surface area (Å²) >= 11 is 0. The summed E-state index contributed by atoms with van der Waals surface area (Å²) < 4.78 is 11.0. The first kappa shape index (κ1) is 16.9. The van der Waals surface area contributed by atoms with Crippen LogP contribution in [0.2, 0.25) is 0 Å². The van der Waals surface area contributed by atoms with Crippen LogP contribution in [0.4, 0.5) is 0 Å². The number of nitrogens with zero attached hydrogens (tertiary/aromatic N) is 1. The van der Waals surface area contributed by atoms with Gasteiger partial charge in [-0.05, 0) is 37.6 Å². The minimum absolute atomic E-state index is 0.0133. The Balaban J connectivity index is 2.01. The van der Waals surface area contributed by atoms with Crippen LogP contribution in [0.15, 0.2) is 48.5 Å². The predicted octanol–water partition coefficient (Wildman–Crippen LogP) is 3.60. The van der Waals surface area contributed by atoms with Crippen LogP contribution in [0.1, 0.15) is 24.1 Å². The van der Waals surface area contributed by atoms with Gasteiger partial charge in [-0.3, -0.25) is 4.79 Å². The van der Waals surface area contributed by atoms with E-state index in [1.165, 1.54) is 0 Å². The number of carbonyl (C=O) groups is 1. The number of benzene rings is 2. The number of likely N-dealkylation sites (N-methyl/N-ethyl adjacent to an activating group) is 1. The first-order valence-corrected chi connectivity index (χ1v) is 7.61. The van der Waals surface area contributed by atoms with Crippen molar-refractivity contribution in [2.45, 2.75) is 19.9 Å². The van der Waals surface area contributed by atoms with Crippen molar-refractivity contribution in [1.82, 2.24) is 4.90 Å². The van der Waals surface area contributed by atoms with Crippen molar-refractivity contribution in [2.75, 3.05) is 20.8 Å². The number of amides is 1. The Morgan fingerprint density at radius 3 is 2.61 bits per heavy atom. The van der Waals surface area contributed by atoms with Gasteiger partial charge in [0.1, 0.15) is 11.5 Å². The van der Waals surface area contributed by atoms with E-state index in [0.29, 0.717) is 5.75 Å². The van der Waals surface area contributed by atoms with Gasteiger partial charge in [0.15, 0.2) is 6.61 Å². The van der Waals surface area contributed by atoms with E-state index in [1.807, 2.05) is 62.4 Å². The number of methoxy groups -OCH3 is 1. The molecule has 0 aromatic heterocycles. The number of aryl methyl sites for hydroxylation is 1. The van der Waals surface area contributed by atoms with Crippen LogP contribution in [-0.2, 0) is 4.79 Å². The van der Waals surface area contributed by atoms with E-state index in [1.54, 1.807) is 19.1 Å². The highest BCUT2D eigenvalue weighted by Gasteiger charge is 2.20. The molecule has 0 aliphatic rings. The molecule has 2 aromatic carbocycles. The first-order valence-electron chi connectivity index (χ1n) is 7.61. The molecule has 0 N–H and O–H groups in total. The van der Waals surface area contributed by atoms with Crippen LogP contribution in [0.5, 0.6) is 11.5 Å². The molecule has 2 rings (SSSR count). The third-order valence-electron chi connectivity index (χ3n) is 3.92. The molecule has 0 saturated carbocycles. The average molecular weight is 313 g/mol. The molecule has 0 fully saturated rings. The van der Waals surface area contributed by atoms with Crippen LogP contribution < -0.4 is 9.47 Å². The van der Waals surface area contributed by atoms with Crippen LogP contribution >= 0.6 is 0 Å². The average Bonchev–Trinajstić information content (AvgIpc) is 2.58. The Bertz CT molecular complexity index is 669. The fourth-order valence-corrected chi connectivity index (χ4v) is 2.39. The van der Waals surface area contributed by atoms with Gasteiger partial charge in [-0.15, -0.1) is 0 Å². The van der Waals surface area contributed by atoms with Gasteiger partial charge in [-0.1, -0.05) is 30.3 Å². The monoisotopic (exact) mass is 313 g/mol. The quantitative estimate of drug-likeness (QED) is 0.818. The highest BCUT2D eigenvalue weighted by molar-refractivity contribution is 5.78. The molecule has 0 saturated heterocycles. The zero-order valence-electron chi connectivity index (χ0n) is 14.1. The van der Waals surface area contributed by atoms with Gasteiger partial charge in [-0.2, -0.15) is 0 Å². The van der Waals surface area contributed by atoms with Crippen LogP contribution in [-0.4, -0.2) is 31.6 Å². The molecule has 4 heteroatoms. The van der Waals surface area contributed by atoms with E-state index in [4.69, 9.17) is 9.47 Å². The Kier molecular flexibility index (Phi) is 5.63. The van der Waals surface area contributed by atoms with E-state index in [-0.39, 0.29) is 18.6 Å². The van der Waals surface area contributed by atoms with Gasteiger partial charge < -0.3 is 14.4 Å². The van der Waals surface area contributed by atoms with Gasteiger partial charge in [0, 0.05) is 12.6 Å². The van der Waals surface area contributed by atoms with Gasteiger partial charge >= 0.3 is 0 Å². The smallest absolute Gasteiger partial charge is 0.260 e. The molecule has 0 heterocycles. The number of carbonyl (C=O) groups excluding carboxylic acids is 1. The van der Waals surface area contributed by atoms with Gasteiger partial charge in [0.05, 0.1) is 13.2 Å². The molecule has 0 spiro atoms. The molecule has 0 bridgehead atoms.